The van der Waals surface area contributed by atoms with Crippen molar-refractivity contribution in [3.05, 3.63) is 22.9 Å². The molecule has 1 atom stereocenters. The molecule has 0 spiro atoms. The molecule has 1 saturated heterocycles. The predicted molar refractivity (Wildman–Crippen MR) is 119 cm³/mol. The van der Waals surface area contributed by atoms with E-state index in [0.717, 1.165) is 59.1 Å². The SMILES string of the molecule is COC1CCN(c2nc(-c3sc(N)nc3C)cc3c2C(=O)N([C@@H](C)C2CC2)C3)CC1. The number of hydrogen-bond donors (Lipinski definition) is 1. The Bertz CT molecular complexity index is 978. The monoisotopic (exact) mass is 427 g/mol. The van der Waals surface area contributed by atoms with Crippen molar-refractivity contribution in [2.75, 3.05) is 30.8 Å². The zero-order valence-corrected chi connectivity index (χ0v) is 18.7. The topological polar surface area (TPSA) is 84.6 Å². The Hall–Kier alpha value is -2.19. The molecule has 2 N–H and O–H groups in total. The number of methoxy groups -OCH3 is 1. The van der Waals surface area contributed by atoms with Crippen LogP contribution in [0.3, 0.4) is 0 Å². The van der Waals surface area contributed by atoms with E-state index < -0.39 is 0 Å². The summed E-state index contributed by atoms with van der Waals surface area (Å²) in [6.45, 7) is 6.50. The minimum absolute atomic E-state index is 0.132. The number of nitrogen functional groups attached to an aromatic ring is 1. The van der Waals surface area contributed by atoms with Crippen LogP contribution in [0.2, 0.25) is 0 Å². The molecular formula is C22H29N5O2S. The average Bonchev–Trinajstić information content (AvgIpc) is 3.47. The summed E-state index contributed by atoms with van der Waals surface area (Å²) in [6, 6.07) is 2.36. The van der Waals surface area contributed by atoms with Crippen molar-refractivity contribution < 1.29 is 9.53 Å². The smallest absolute Gasteiger partial charge is 0.258 e. The number of thiazole rings is 1. The number of carbonyl (C=O) groups is 1. The van der Waals surface area contributed by atoms with Gasteiger partial charge in [-0.05, 0) is 57.1 Å². The second-order valence-electron chi connectivity index (χ2n) is 8.77. The van der Waals surface area contributed by atoms with Crippen LogP contribution in [0.4, 0.5) is 10.9 Å². The van der Waals surface area contributed by atoms with E-state index >= 15 is 0 Å². The summed E-state index contributed by atoms with van der Waals surface area (Å²) in [5.41, 5.74) is 9.59. The number of nitrogens with two attached hydrogens (primary N) is 1. The fraction of sp³-hybridized carbons (Fsp3) is 0.591. The number of amides is 1. The van der Waals surface area contributed by atoms with Crippen LogP contribution in [0.15, 0.2) is 6.07 Å². The van der Waals surface area contributed by atoms with Crippen LogP contribution < -0.4 is 10.6 Å². The molecule has 2 fully saturated rings. The van der Waals surface area contributed by atoms with Crippen molar-refractivity contribution in [2.24, 2.45) is 5.92 Å². The van der Waals surface area contributed by atoms with E-state index in [1.807, 2.05) is 11.8 Å². The molecule has 0 bridgehead atoms. The summed E-state index contributed by atoms with van der Waals surface area (Å²) in [4.78, 5) is 28.2. The Balaban J connectivity index is 1.56. The van der Waals surface area contributed by atoms with Crippen molar-refractivity contribution in [3.63, 3.8) is 0 Å². The highest BCUT2D eigenvalue weighted by Crippen LogP contribution is 2.42. The van der Waals surface area contributed by atoms with Gasteiger partial charge < -0.3 is 20.3 Å². The molecule has 160 valence electrons. The van der Waals surface area contributed by atoms with Gasteiger partial charge in [-0.2, -0.15) is 0 Å². The molecule has 5 rings (SSSR count). The fourth-order valence-corrected chi connectivity index (χ4v) is 5.60. The number of piperidine rings is 1. The van der Waals surface area contributed by atoms with Gasteiger partial charge in [-0.1, -0.05) is 11.3 Å². The Labute approximate surface area is 181 Å². The van der Waals surface area contributed by atoms with Crippen LogP contribution in [0, 0.1) is 12.8 Å². The van der Waals surface area contributed by atoms with Gasteiger partial charge in [-0.25, -0.2) is 9.97 Å². The van der Waals surface area contributed by atoms with Crippen LogP contribution >= 0.6 is 11.3 Å². The number of carbonyl (C=O) groups excluding carboxylic acids is 1. The van der Waals surface area contributed by atoms with E-state index in [2.05, 4.69) is 22.9 Å². The van der Waals surface area contributed by atoms with Gasteiger partial charge in [0.25, 0.3) is 5.91 Å². The summed E-state index contributed by atoms with van der Waals surface area (Å²) >= 11 is 1.46. The third-order valence-electron chi connectivity index (χ3n) is 6.81. The standard InChI is InChI=1S/C22H29N5O2S/c1-12-19(30-22(23)24-12)17-10-15-11-27(13(2)14-4-5-14)21(28)18(15)20(25-17)26-8-6-16(29-3)7-9-26/h10,13-14,16H,4-9,11H2,1-3H3,(H2,23,24)/t13-/m0/s1. The van der Waals surface area contributed by atoms with Crippen LogP contribution in [0.25, 0.3) is 10.6 Å². The van der Waals surface area contributed by atoms with E-state index in [1.54, 1.807) is 7.11 Å². The van der Waals surface area contributed by atoms with Crippen LogP contribution in [0.1, 0.15) is 54.2 Å². The maximum absolute atomic E-state index is 13.5. The average molecular weight is 428 g/mol. The molecule has 4 heterocycles. The van der Waals surface area contributed by atoms with Gasteiger partial charge in [-0.15, -0.1) is 0 Å². The van der Waals surface area contributed by atoms with E-state index in [9.17, 15) is 4.79 Å². The van der Waals surface area contributed by atoms with Gasteiger partial charge in [-0.3, -0.25) is 4.79 Å². The minimum atomic E-state index is 0.132. The third kappa shape index (κ3) is 3.36. The lowest BCUT2D eigenvalue weighted by Gasteiger charge is -2.33. The number of fused-ring (bicyclic) bond motifs is 1. The largest absolute Gasteiger partial charge is 0.381 e. The molecule has 0 aromatic carbocycles. The first-order valence-corrected chi connectivity index (χ1v) is 11.6. The summed E-state index contributed by atoms with van der Waals surface area (Å²) in [7, 11) is 1.77. The highest BCUT2D eigenvalue weighted by Gasteiger charge is 2.41. The lowest BCUT2D eigenvalue weighted by atomic mass is 10.0. The minimum Gasteiger partial charge on any atom is -0.381 e. The zero-order valence-electron chi connectivity index (χ0n) is 17.9. The highest BCUT2D eigenvalue weighted by molar-refractivity contribution is 7.18. The number of rotatable bonds is 5. The highest BCUT2D eigenvalue weighted by atomic mass is 32.1. The molecule has 1 saturated carbocycles. The van der Waals surface area contributed by atoms with Crippen LogP contribution in [-0.4, -0.2) is 53.1 Å². The van der Waals surface area contributed by atoms with E-state index in [4.69, 9.17) is 15.5 Å². The Kier molecular flexibility index (Phi) is 4.94. The summed E-state index contributed by atoms with van der Waals surface area (Å²) < 4.78 is 5.54. The van der Waals surface area contributed by atoms with E-state index in [-0.39, 0.29) is 18.1 Å². The molecule has 0 radical (unpaired) electrons. The number of nitrogens with zero attached hydrogens (tertiary/aromatic N) is 4. The number of hydrogen-bond acceptors (Lipinski definition) is 7. The summed E-state index contributed by atoms with van der Waals surface area (Å²) in [5, 5.41) is 0.548. The molecule has 2 aromatic heterocycles. The molecule has 1 aliphatic carbocycles. The first-order valence-electron chi connectivity index (χ1n) is 10.8. The molecule has 7 nitrogen and oxygen atoms in total. The zero-order chi connectivity index (χ0) is 21.0. The number of ether oxygens (including phenoxy) is 1. The second-order valence-corrected chi connectivity index (χ2v) is 9.80. The molecular weight excluding hydrogens is 398 g/mol. The molecule has 8 heteroatoms. The van der Waals surface area contributed by atoms with Crippen LogP contribution in [0.5, 0.6) is 0 Å². The van der Waals surface area contributed by atoms with Gasteiger partial charge >= 0.3 is 0 Å². The Morgan fingerprint density at radius 3 is 2.57 bits per heavy atom. The summed E-state index contributed by atoms with van der Waals surface area (Å²) in [5.74, 6) is 1.59. The normalized spacial score (nSPS) is 20.7. The van der Waals surface area contributed by atoms with Gasteiger partial charge in [0.1, 0.15) is 5.82 Å². The van der Waals surface area contributed by atoms with Gasteiger partial charge in [0.15, 0.2) is 5.13 Å². The lowest BCUT2D eigenvalue weighted by molar-refractivity contribution is 0.0697. The van der Waals surface area contributed by atoms with E-state index in [1.165, 1.54) is 24.2 Å². The maximum atomic E-state index is 13.5. The third-order valence-corrected chi connectivity index (χ3v) is 7.82. The quantitative estimate of drug-likeness (QED) is 0.787. The van der Waals surface area contributed by atoms with Gasteiger partial charge in [0.05, 0.1) is 27.9 Å². The van der Waals surface area contributed by atoms with Crippen molar-refractivity contribution in [1.29, 1.82) is 0 Å². The number of pyridine rings is 1. The van der Waals surface area contributed by atoms with Crippen molar-refractivity contribution in [3.8, 4) is 10.6 Å². The summed E-state index contributed by atoms with van der Waals surface area (Å²) in [6.07, 6.45) is 4.62. The van der Waals surface area contributed by atoms with Crippen molar-refractivity contribution in [2.45, 2.75) is 58.2 Å². The Morgan fingerprint density at radius 2 is 1.97 bits per heavy atom. The first-order chi connectivity index (χ1) is 14.5. The van der Waals surface area contributed by atoms with Crippen molar-refractivity contribution >= 4 is 28.2 Å². The number of anilines is 2. The Morgan fingerprint density at radius 1 is 1.23 bits per heavy atom. The molecule has 1 amide bonds. The first kappa shape index (κ1) is 19.8. The fourth-order valence-electron chi connectivity index (χ4n) is 4.81. The molecule has 3 aliphatic rings. The van der Waals surface area contributed by atoms with Gasteiger partial charge in [0.2, 0.25) is 0 Å². The molecule has 2 aliphatic heterocycles. The number of aryl methyl sites for hydroxylation is 1. The van der Waals surface area contributed by atoms with E-state index in [0.29, 0.717) is 17.6 Å². The van der Waals surface area contributed by atoms with Crippen LogP contribution in [-0.2, 0) is 11.3 Å². The van der Waals surface area contributed by atoms with Gasteiger partial charge in [0, 0.05) is 32.8 Å². The maximum Gasteiger partial charge on any atom is 0.258 e. The second kappa shape index (κ2) is 7.50. The molecule has 30 heavy (non-hydrogen) atoms. The van der Waals surface area contributed by atoms with Crippen molar-refractivity contribution in [1.82, 2.24) is 14.9 Å². The molecule has 2 aromatic rings. The lowest BCUT2D eigenvalue weighted by Crippen LogP contribution is -2.39. The number of aromatic nitrogens is 2. The predicted octanol–water partition coefficient (Wildman–Crippen LogP) is 3.47. The molecule has 0 unspecified atom stereocenters.